The van der Waals surface area contributed by atoms with Crippen LogP contribution in [0, 0.1) is 5.41 Å². The van der Waals surface area contributed by atoms with E-state index in [2.05, 4.69) is 13.0 Å². The highest BCUT2D eigenvalue weighted by atomic mass is 35.5. The summed E-state index contributed by atoms with van der Waals surface area (Å²) in [6, 6.07) is 4.00. The second-order valence-corrected chi connectivity index (χ2v) is 6.23. The molecule has 1 rings (SSSR count). The summed E-state index contributed by atoms with van der Waals surface area (Å²) in [4.78, 5) is 1.27. The molecule has 0 aliphatic rings. The Morgan fingerprint density at radius 2 is 1.93 bits per heavy atom. The van der Waals surface area contributed by atoms with Crippen LogP contribution in [-0.4, -0.2) is 11.8 Å². The Kier molecular flexibility index (Phi) is 5.76. The van der Waals surface area contributed by atoms with Crippen molar-refractivity contribution >= 4 is 46.1 Å². The van der Waals surface area contributed by atoms with Crippen molar-refractivity contribution in [2.75, 3.05) is 11.8 Å². The zero-order valence-electron chi connectivity index (χ0n) is 8.73. The minimum atomic E-state index is 0.0338. The molecule has 0 amide bonds. The fourth-order valence-electron chi connectivity index (χ4n) is 1.70. The van der Waals surface area contributed by atoms with Crippen LogP contribution in [0.4, 0.5) is 0 Å². The van der Waals surface area contributed by atoms with Crippen molar-refractivity contribution in [1.82, 2.24) is 0 Å². The number of thiophene rings is 1. The molecule has 0 atom stereocenters. The highest BCUT2D eigenvalue weighted by Gasteiger charge is 2.28. The van der Waals surface area contributed by atoms with Gasteiger partial charge in [0.15, 0.2) is 0 Å². The van der Waals surface area contributed by atoms with Crippen LogP contribution in [0.3, 0.4) is 0 Å². The third-order valence-corrected chi connectivity index (χ3v) is 4.89. The summed E-state index contributed by atoms with van der Waals surface area (Å²) in [5.74, 6) is 1.22. The molecule has 0 aromatic carbocycles. The second-order valence-electron chi connectivity index (χ2n) is 3.90. The molecular weight excluding hydrogens is 271 g/mol. The average Bonchev–Trinajstić information content (AvgIpc) is 2.63. The van der Waals surface area contributed by atoms with Crippen LogP contribution in [0.25, 0.3) is 0 Å². The molecule has 0 saturated heterocycles. The first-order valence-electron chi connectivity index (χ1n) is 5.02. The summed E-state index contributed by atoms with van der Waals surface area (Å²) < 4.78 is 0.833. The molecule has 0 radical (unpaired) electrons. The van der Waals surface area contributed by atoms with E-state index in [1.54, 1.807) is 11.3 Å². The number of hydrogen-bond acceptors (Lipinski definition) is 1. The molecule has 1 aromatic heterocycles. The lowest BCUT2D eigenvalue weighted by Gasteiger charge is -2.28. The van der Waals surface area contributed by atoms with Gasteiger partial charge in [-0.05, 0) is 25.0 Å². The smallest absolute Gasteiger partial charge is 0.0931 e. The number of alkyl halides is 2. The van der Waals surface area contributed by atoms with Gasteiger partial charge in [-0.3, -0.25) is 0 Å². The van der Waals surface area contributed by atoms with Gasteiger partial charge in [0.1, 0.15) is 0 Å². The van der Waals surface area contributed by atoms with Crippen molar-refractivity contribution in [3.05, 3.63) is 21.3 Å². The fourth-order valence-corrected chi connectivity index (χ4v) is 3.70. The van der Waals surface area contributed by atoms with E-state index in [1.807, 2.05) is 6.07 Å². The van der Waals surface area contributed by atoms with Gasteiger partial charge in [-0.25, -0.2) is 0 Å². The Bertz CT molecular complexity index is 292. The SMILES string of the molecule is CCCC(CCl)(CCl)Cc1ccc(Cl)s1. The predicted octanol–water partition coefficient (Wildman–Crippen LogP) is 5.21. The maximum Gasteiger partial charge on any atom is 0.0931 e. The molecule has 1 aromatic rings. The van der Waals surface area contributed by atoms with Crippen LogP contribution in [0.2, 0.25) is 4.34 Å². The lowest BCUT2D eigenvalue weighted by Crippen LogP contribution is -2.27. The molecule has 0 aliphatic carbocycles. The normalized spacial score (nSPS) is 12.0. The summed E-state index contributed by atoms with van der Waals surface area (Å²) in [5.41, 5.74) is 0.0338. The topological polar surface area (TPSA) is 0 Å². The van der Waals surface area contributed by atoms with E-state index < -0.39 is 0 Å². The minimum absolute atomic E-state index is 0.0338. The van der Waals surface area contributed by atoms with Gasteiger partial charge in [0, 0.05) is 22.1 Å². The highest BCUT2D eigenvalue weighted by Crippen LogP contribution is 2.35. The molecule has 0 saturated carbocycles. The summed E-state index contributed by atoms with van der Waals surface area (Å²) in [7, 11) is 0. The van der Waals surface area contributed by atoms with Gasteiger partial charge in [0.05, 0.1) is 4.34 Å². The van der Waals surface area contributed by atoms with Gasteiger partial charge in [-0.2, -0.15) is 0 Å². The Labute approximate surface area is 111 Å². The molecule has 86 valence electrons. The van der Waals surface area contributed by atoms with E-state index in [1.165, 1.54) is 4.88 Å². The lowest BCUT2D eigenvalue weighted by molar-refractivity contribution is 0.343. The van der Waals surface area contributed by atoms with Gasteiger partial charge in [0.2, 0.25) is 0 Å². The molecule has 0 unspecified atom stereocenters. The van der Waals surface area contributed by atoms with Gasteiger partial charge >= 0.3 is 0 Å². The maximum atomic E-state index is 6.05. The monoisotopic (exact) mass is 284 g/mol. The van der Waals surface area contributed by atoms with Crippen molar-refractivity contribution in [2.45, 2.75) is 26.2 Å². The molecule has 0 N–H and O–H groups in total. The number of hydrogen-bond donors (Lipinski definition) is 0. The fraction of sp³-hybridized carbons (Fsp3) is 0.636. The zero-order valence-corrected chi connectivity index (χ0v) is 11.8. The molecule has 0 bridgehead atoms. The van der Waals surface area contributed by atoms with Gasteiger partial charge in [-0.1, -0.05) is 24.9 Å². The predicted molar refractivity (Wildman–Crippen MR) is 71.8 cm³/mol. The van der Waals surface area contributed by atoms with Crippen molar-refractivity contribution in [3.63, 3.8) is 0 Å². The van der Waals surface area contributed by atoms with Crippen molar-refractivity contribution < 1.29 is 0 Å². The first-order valence-corrected chi connectivity index (χ1v) is 7.28. The van der Waals surface area contributed by atoms with Gasteiger partial charge in [-0.15, -0.1) is 34.5 Å². The van der Waals surface area contributed by atoms with Crippen molar-refractivity contribution in [1.29, 1.82) is 0 Å². The second kappa shape index (κ2) is 6.34. The van der Waals surface area contributed by atoms with E-state index in [0.717, 1.165) is 23.6 Å². The molecule has 15 heavy (non-hydrogen) atoms. The maximum absolute atomic E-state index is 6.05. The van der Waals surface area contributed by atoms with Crippen LogP contribution >= 0.6 is 46.1 Å². The number of rotatable bonds is 6. The number of halogens is 3. The summed E-state index contributed by atoms with van der Waals surface area (Å²) >= 11 is 19.6. The standard InChI is InChI=1S/C11H15Cl3S/c1-2-5-11(7-12,8-13)6-9-3-4-10(14)15-9/h3-4H,2,5-8H2,1H3. The van der Waals surface area contributed by atoms with Crippen LogP contribution < -0.4 is 0 Å². The summed E-state index contributed by atoms with van der Waals surface area (Å²) in [5, 5.41) is 0. The molecule has 1 heterocycles. The van der Waals surface area contributed by atoms with Crippen LogP contribution in [-0.2, 0) is 6.42 Å². The highest BCUT2D eigenvalue weighted by molar-refractivity contribution is 7.16. The third kappa shape index (κ3) is 3.81. The van der Waals surface area contributed by atoms with E-state index >= 15 is 0 Å². The molecule has 0 nitrogen and oxygen atoms in total. The molecular formula is C11H15Cl3S. The molecule has 4 heteroatoms. The Hall–Kier alpha value is 0.570. The summed E-state index contributed by atoms with van der Waals surface area (Å²) in [6.45, 7) is 2.16. The third-order valence-electron chi connectivity index (χ3n) is 2.53. The van der Waals surface area contributed by atoms with Crippen LogP contribution in [0.15, 0.2) is 12.1 Å². The lowest BCUT2D eigenvalue weighted by atomic mass is 9.83. The Balaban J connectivity index is 2.73. The van der Waals surface area contributed by atoms with Crippen molar-refractivity contribution in [2.24, 2.45) is 5.41 Å². The Morgan fingerprint density at radius 3 is 2.33 bits per heavy atom. The van der Waals surface area contributed by atoms with Gasteiger partial charge in [0.25, 0.3) is 0 Å². The van der Waals surface area contributed by atoms with E-state index in [4.69, 9.17) is 34.8 Å². The van der Waals surface area contributed by atoms with Crippen LogP contribution in [0.5, 0.6) is 0 Å². The van der Waals surface area contributed by atoms with Crippen molar-refractivity contribution in [3.8, 4) is 0 Å². The van der Waals surface area contributed by atoms with E-state index in [-0.39, 0.29) is 5.41 Å². The molecule has 0 spiro atoms. The summed E-state index contributed by atoms with van der Waals surface area (Å²) in [6.07, 6.45) is 3.11. The minimum Gasteiger partial charge on any atom is -0.128 e. The van der Waals surface area contributed by atoms with Gasteiger partial charge < -0.3 is 0 Å². The quantitative estimate of drug-likeness (QED) is 0.630. The zero-order chi connectivity index (χ0) is 11.3. The molecule has 0 fully saturated rings. The van der Waals surface area contributed by atoms with Crippen LogP contribution in [0.1, 0.15) is 24.6 Å². The first kappa shape index (κ1) is 13.6. The largest absolute Gasteiger partial charge is 0.128 e. The Morgan fingerprint density at radius 1 is 1.27 bits per heavy atom. The first-order chi connectivity index (χ1) is 7.15. The van der Waals surface area contributed by atoms with E-state index in [9.17, 15) is 0 Å². The van der Waals surface area contributed by atoms with E-state index in [0.29, 0.717) is 11.8 Å². The average molecular weight is 286 g/mol. The molecule has 0 aliphatic heterocycles.